The van der Waals surface area contributed by atoms with Crippen LogP contribution in [0.1, 0.15) is 32.1 Å². The van der Waals surface area contributed by atoms with Gasteiger partial charge >= 0.3 is 0 Å². The quantitative estimate of drug-likeness (QED) is 0.247. The number of nitrogens with zero attached hydrogens (tertiary/aromatic N) is 2. The second-order valence-electron chi connectivity index (χ2n) is 6.38. The number of carbonyl (C=O) groups excluding carboxylic acids is 1. The highest BCUT2D eigenvalue weighted by Crippen LogP contribution is 2.09. The van der Waals surface area contributed by atoms with Crippen LogP contribution in [0.3, 0.4) is 0 Å². The first kappa shape index (κ1) is 22.7. The molecule has 26 heavy (non-hydrogen) atoms. The maximum Gasteiger partial charge on any atom is 0.243 e. The lowest BCUT2D eigenvalue weighted by molar-refractivity contribution is -0.115. The van der Waals surface area contributed by atoms with E-state index in [1.807, 2.05) is 30.3 Å². The number of benzene rings is 1. The van der Waals surface area contributed by atoms with E-state index in [1.54, 1.807) is 7.05 Å². The SMILES string of the molecule is CN=C(NCCCN1CCCCCC1)NCC(=O)Nc1ccccc1.I. The molecule has 1 fully saturated rings. The summed E-state index contributed by atoms with van der Waals surface area (Å²) >= 11 is 0. The summed E-state index contributed by atoms with van der Waals surface area (Å²) in [5.74, 6) is 0.581. The number of amides is 1. The van der Waals surface area contributed by atoms with Crippen LogP contribution in [0.4, 0.5) is 5.69 Å². The van der Waals surface area contributed by atoms with E-state index in [1.165, 1.54) is 38.8 Å². The molecule has 1 aromatic carbocycles. The van der Waals surface area contributed by atoms with E-state index in [-0.39, 0.29) is 36.4 Å². The van der Waals surface area contributed by atoms with Crippen molar-refractivity contribution in [3.63, 3.8) is 0 Å². The molecule has 0 aromatic heterocycles. The number of carbonyl (C=O) groups is 1. The second kappa shape index (κ2) is 13.8. The molecular weight excluding hydrogens is 441 g/mol. The Balaban J connectivity index is 0.00000338. The summed E-state index contributed by atoms with van der Waals surface area (Å²) in [5.41, 5.74) is 0.801. The van der Waals surface area contributed by atoms with Crippen molar-refractivity contribution >= 4 is 41.5 Å². The highest BCUT2D eigenvalue weighted by Gasteiger charge is 2.08. The number of para-hydroxylation sites is 1. The normalized spacial score (nSPS) is 15.5. The Morgan fingerprint density at radius 2 is 1.77 bits per heavy atom. The lowest BCUT2D eigenvalue weighted by Gasteiger charge is -2.20. The summed E-state index contributed by atoms with van der Waals surface area (Å²) < 4.78 is 0. The molecule has 7 heteroatoms. The largest absolute Gasteiger partial charge is 0.356 e. The summed E-state index contributed by atoms with van der Waals surface area (Å²) in [6, 6.07) is 9.45. The molecule has 1 heterocycles. The van der Waals surface area contributed by atoms with Gasteiger partial charge in [0.25, 0.3) is 0 Å². The molecule has 0 radical (unpaired) electrons. The van der Waals surface area contributed by atoms with Gasteiger partial charge in [0.05, 0.1) is 6.54 Å². The molecule has 3 N–H and O–H groups in total. The number of nitrogens with one attached hydrogen (secondary N) is 3. The highest BCUT2D eigenvalue weighted by atomic mass is 127. The van der Waals surface area contributed by atoms with Gasteiger partial charge < -0.3 is 20.9 Å². The minimum atomic E-state index is -0.0845. The molecule has 146 valence electrons. The van der Waals surface area contributed by atoms with Crippen molar-refractivity contribution in [1.29, 1.82) is 0 Å². The molecule has 6 nitrogen and oxygen atoms in total. The number of rotatable bonds is 7. The van der Waals surface area contributed by atoms with Gasteiger partial charge in [-0.2, -0.15) is 0 Å². The van der Waals surface area contributed by atoms with Gasteiger partial charge in [-0.05, 0) is 51.0 Å². The van der Waals surface area contributed by atoms with Crippen molar-refractivity contribution in [2.45, 2.75) is 32.1 Å². The van der Waals surface area contributed by atoms with Crippen LogP contribution >= 0.6 is 24.0 Å². The molecule has 0 bridgehead atoms. The molecule has 2 rings (SSSR count). The standard InChI is InChI=1S/C19H31N5O.HI/c1-20-19(21-12-9-15-24-13-7-2-3-8-14-24)22-16-18(25)23-17-10-5-4-6-11-17;/h4-6,10-11H,2-3,7-9,12-16H2,1H3,(H,23,25)(H2,20,21,22);1H. The number of guanidine groups is 1. The van der Waals surface area contributed by atoms with E-state index in [9.17, 15) is 4.79 Å². The van der Waals surface area contributed by atoms with E-state index in [0.29, 0.717) is 5.96 Å². The first-order valence-corrected chi connectivity index (χ1v) is 9.29. The van der Waals surface area contributed by atoms with Gasteiger partial charge in [-0.15, -0.1) is 24.0 Å². The van der Waals surface area contributed by atoms with Crippen LogP contribution in [-0.2, 0) is 4.79 Å². The first-order chi connectivity index (χ1) is 12.3. The summed E-state index contributed by atoms with van der Waals surface area (Å²) in [7, 11) is 1.72. The van der Waals surface area contributed by atoms with Crippen molar-refractivity contribution in [2.24, 2.45) is 4.99 Å². The maximum atomic E-state index is 11.9. The number of aliphatic imine (C=N–C) groups is 1. The van der Waals surface area contributed by atoms with Gasteiger partial charge in [0.15, 0.2) is 5.96 Å². The maximum absolute atomic E-state index is 11.9. The highest BCUT2D eigenvalue weighted by molar-refractivity contribution is 14.0. The second-order valence-corrected chi connectivity index (χ2v) is 6.38. The Morgan fingerprint density at radius 1 is 1.08 bits per heavy atom. The molecule has 1 saturated heterocycles. The van der Waals surface area contributed by atoms with Gasteiger partial charge in [-0.3, -0.25) is 9.79 Å². The Labute approximate surface area is 174 Å². The third kappa shape index (κ3) is 9.38. The zero-order valence-electron chi connectivity index (χ0n) is 15.7. The van der Waals surface area contributed by atoms with E-state index < -0.39 is 0 Å². The molecule has 0 saturated carbocycles. The van der Waals surface area contributed by atoms with Gasteiger partial charge in [0.1, 0.15) is 0 Å². The Bertz CT molecular complexity index is 530. The van der Waals surface area contributed by atoms with Gasteiger partial charge in [-0.25, -0.2) is 0 Å². The molecule has 1 aromatic rings. The van der Waals surface area contributed by atoms with Crippen molar-refractivity contribution in [2.75, 3.05) is 45.1 Å². The van der Waals surface area contributed by atoms with Crippen molar-refractivity contribution in [3.8, 4) is 0 Å². The zero-order chi connectivity index (χ0) is 17.7. The third-order valence-electron chi connectivity index (χ3n) is 4.34. The van der Waals surface area contributed by atoms with E-state index >= 15 is 0 Å². The zero-order valence-corrected chi connectivity index (χ0v) is 18.0. The van der Waals surface area contributed by atoms with E-state index in [2.05, 4.69) is 25.8 Å². The fraction of sp³-hybridized carbons (Fsp3) is 0.579. The average molecular weight is 473 g/mol. The topological polar surface area (TPSA) is 68.8 Å². The summed E-state index contributed by atoms with van der Waals surface area (Å²) in [6.07, 6.45) is 6.48. The lowest BCUT2D eigenvalue weighted by Crippen LogP contribution is -2.42. The van der Waals surface area contributed by atoms with Crippen LogP contribution < -0.4 is 16.0 Å². The van der Waals surface area contributed by atoms with Crippen LogP contribution in [0.2, 0.25) is 0 Å². The Kier molecular flexibility index (Phi) is 12.0. The minimum Gasteiger partial charge on any atom is -0.356 e. The van der Waals surface area contributed by atoms with Crippen molar-refractivity contribution in [3.05, 3.63) is 30.3 Å². The summed E-state index contributed by atoms with van der Waals surface area (Å²) in [6.45, 7) is 4.63. The van der Waals surface area contributed by atoms with Gasteiger partial charge in [0.2, 0.25) is 5.91 Å². The summed E-state index contributed by atoms with van der Waals surface area (Å²) in [4.78, 5) is 18.7. The van der Waals surface area contributed by atoms with Gasteiger partial charge in [0, 0.05) is 19.3 Å². The molecule has 0 aliphatic carbocycles. The third-order valence-corrected chi connectivity index (χ3v) is 4.34. The average Bonchev–Trinajstić information content (AvgIpc) is 2.91. The number of halogens is 1. The number of anilines is 1. The molecule has 0 atom stereocenters. The van der Waals surface area contributed by atoms with Crippen LogP contribution in [0.5, 0.6) is 0 Å². The molecule has 1 amide bonds. The summed E-state index contributed by atoms with van der Waals surface area (Å²) in [5, 5.41) is 9.17. The Hall–Kier alpha value is -1.35. The molecular formula is C19H32IN5O. The van der Waals surface area contributed by atoms with E-state index in [4.69, 9.17) is 0 Å². The monoisotopic (exact) mass is 473 g/mol. The van der Waals surface area contributed by atoms with Crippen LogP contribution in [0, 0.1) is 0 Å². The van der Waals surface area contributed by atoms with Gasteiger partial charge in [-0.1, -0.05) is 31.0 Å². The number of hydrogen-bond donors (Lipinski definition) is 3. The Morgan fingerprint density at radius 3 is 2.42 bits per heavy atom. The fourth-order valence-electron chi connectivity index (χ4n) is 2.98. The molecule has 1 aliphatic rings. The van der Waals surface area contributed by atoms with Crippen molar-refractivity contribution < 1.29 is 4.79 Å². The first-order valence-electron chi connectivity index (χ1n) is 9.29. The minimum absolute atomic E-state index is 0. The van der Waals surface area contributed by atoms with Crippen LogP contribution in [-0.4, -0.2) is 56.5 Å². The number of hydrogen-bond acceptors (Lipinski definition) is 3. The number of likely N-dealkylation sites (tertiary alicyclic amines) is 1. The predicted molar refractivity (Wildman–Crippen MR) is 119 cm³/mol. The predicted octanol–water partition coefficient (Wildman–Crippen LogP) is 2.67. The molecule has 0 unspecified atom stereocenters. The van der Waals surface area contributed by atoms with E-state index in [0.717, 1.165) is 25.2 Å². The van der Waals surface area contributed by atoms with Crippen LogP contribution in [0.15, 0.2) is 35.3 Å². The molecule has 1 aliphatic heterocycles. The fourth-order valence-corrected chi connectivity index (χ4v) is 2.98. The van der Waals surface area contributed by atoms with Crippen LogP contribution in [0.25, 0.3) is 0 Å². The smallest absolute Gasteiger partial charge is 0.243 e. The van der Waals surface area contributed by atoms with Crippen molar-refractivity contribution in [1.82, 2.24) is 15.5 Å². The lowest BCUT2D eigenvalue weighted by atomic mass is 10.2. The molecule has 0 spiro atoms.